The van der Waals surface area contributed by atoms with Crippen molar-refractivity contribution in [3.8, 4) is 12.3 Å². The molecule has 1 rings (SSSR count). The van der Waals surface area contributed by atoms with E-state index >= 15 is 0 Å². The molecule has 1 aromatic carbocycles. The molecule has 4 nitrogen and oxygen atoms in total. The average molecular weight is 218 g/mol. The quantitative estimate of drug-likeness (QED) is 0.635. The van der Waals surface area contributed by atoms with Crippen LogP contribution in [-0.4, -0.2) is 23.7 Å². The van der Waals surface area contributed by atoms with Gasteiger partial charge in [-0.15, -0.1) is 6.42 Å². The summed E-state index contributed by atoms with van der Waals surface area (Å²) < 4.78 is 0. The van der Waals surface area contributed by atoms with Crippen LogP contribution in [0.5, 0.6) is 0 Å². The molecule has 0 saturated carbocycles. The van der Waals surface area contributed by atoms with Crippen LogP contribution < -0.4 is 11.1 Å². The lowest BCUT2D eigenvalue weighted by Gasteiger charge is -2.07. The van der Waals surface area contributed by atoms with Crippen LogP contribution in [-0.2, 0) is 11.2 Å². The number of carboxylic acid groups (broad SMARTS) is 1. The predicted octanol–water partition coefficient (Wildman–Crippen LogP) is 0.686. The first kappa shape index (κ1) is 12.1. The molecule has 0 saturated heterocycles. The summed E-state index contributed by atoms with van der Waals surface area (Å²) in [5, 5.41) is 11.7. The number of rotatable bonds is 5. The van der Waals surface area contributed by atoms with Gasteiger partial charge in [0.15, 0.2) is 0 Å². The van der Waals surface area contributed by atoms with E-state index in [0.29, 0.717) is 13.0 Å². The molecule has 1 unspecified atom stereocenters. The van der Waals surface area contributed by atoms with Gasteiger partial charge in [-0.25, -0.2) is 0 Å². The molecule has 0 aliphatic carbocycles. The standard InChI is InChI=1S/C12H14N2O2/c1-2-7-14-10-5-3-9(4-6-10)8-11(13)12(15)16/h1,3-6,11,14H,7-8,13H2,(H,15,16). The van der Waals surface area contributed by atoms with Crippen molar-refractivity contribution >= 4 is 11.7 Å². The summed E-state index contributed by atoms with van der Waals surface area (Å²) in [4.78, 5) is 10.6. The van der Waals surface area contributed by atoms with E-state index in [1.54, 1.807) is 0 Å². The molecule has 0 heterocycles. The zero-order valence-corrected chi connectivity index (χ0v) is 8.81. The molecular formula is C12H14N2O2. The smallest absolute Gasteiger partial charge is 0.320 e. The highest BCUT2D eigenvalue weighted by Crippen LogP contribution is 2.10. The fraction of sp³-hybridized carbons (Fsp3) is 0.250. The van der Waals surface area contributed by atoms with E-state index in [9.17, 15) is 4.79 Å². The molecule has 0 spiro atoms. The van der Waals surface area contributed by atoms with Crippen molar-refractivity contribution in [2.45, 2.75) is 12.5 Å². The lowest BCUT2D eigenvalue weighted by molar-refractivity contribution is -0.138. The van der Waals surface area contributed by atoms with Crippen LogP contribution in [0.1, 0.15) is 5.56 Å². The van der Waals surface area contributed by atoms with Gasteiger partial charge in [0, 0.05) is 5.69 Å². The van der Waals surface area contributed by atoms with Crippen LogP contribution in [0.15, 0.2) is 24.3 Å². The highest BCUT2D eigenvalue weighted by atomic mass is 16.4. The van der Waals surface area contributed by atoms with Crippen LogP contribution in [0, 0.1) is 12.3 Å². The van der Waals surface area contributed by atoms with E-state index in [1.807, 2.05) is 24.3 Å². The van der Waals surface area contributed by atoms with Crippen molar-refractivity contribution in [3.05, 3.63) is 29.8 Å². The van der Waals surface area contributed by atoms with Gasteiger partial charge in [-0.05, 0) is 24.1 Å². The minimum absolute atomic E-state index is 0.324. The number of terminal acetylenes is 1. The van der Waals surface area contributed by atoms with Crippen LogP contribution in [0.3, 0.4) is 0 Å². The first-order valence-corrected chi connectivity index (χ1v) is 4.88. The second-order valence-corrected chi connectivity index (χ2v) is 3.40. The summed E-state index contributed by atoms with van der Waals surface area (Å²) in [7, 11) is 0. The topological polar surface area (TPSA) is 75.3 Å². The molecule has 0 fully saturated rings. The van der Waals surface area contributed by atoms with Crippen LogP contribution in [0.2, 0.25) is 0 Å². The summed E-state index contributed by atoms with van der Waals surface area (Å²) in [6, 6.07) is 6.51. The van der Waals surface area contributed by atoms with E-state index in [2.05, 4.69) is 11.2 Å². The Labute approximate surface area is 94.5 Å². The number of nitrogens with one attached hydrogen (secondary N) is 1. The number of benzene rings is 1. The van der Waals surface area contributed by atoms with Crippen LogP contribution in [0.25, 0.3) is 0 Å². The number of carbonyl (C=O) groups is 1. The lowest BCUT2D eigenvalue weighted by Crippen LogP contribution is -2.32. The van der Waals surface area contributed by atoms with E-state index in [0.717, 1.165) is 11.3 Å². The maximum Gasteiger partial charge on any atom is 0.320 e. The number of hydrogen-bond acceptors (Lipinski definition) is 3. The molecule has 1 aromatic rings. The summed E-state index contributed by atoms with van der Waals surface area (Å²) in [5.74, 6) is 1.48. The van der Waals surface area contributed by atoms with Gasteiger partial charge >= 0.3 is 5.97 Å². The summed E-state index contributed by atoms with van der Waals surface area (Å²) in [5.41, 5.74) is 7.22. The van der Waals surface area contributed by atoms with Gasteiger partial charge in [0.05, 0.1) is 6.54 Å². The van der Waals surface area contributed by atoms with Crippen LogP contribution >= 0.6 is 0 Å². The SMILES string of the molecule is C#CCNc1ccc(CC(N)C(=O)O)cc1. The minimum atomic E-state index is -0.991. The number of aliphatic carboxylic acids is 1. The second kappa shape index (κ2) is 5.79. The molecule has 0 amide bonds. The van der Waals surface area contributed by atoms with E-state index in [4.69, 9.17) is 17.3 Å². The van der Waals surface area contributed by atoms with Crippen molar-refractivity contribution in [3.63, 3.8) is 0 Å². The van der Waals surface area contributed by atoms with Crippen molar-refractivity contribution in [2.24, 2.45) is 5.73 Å². The molecule has 0 aliphatic heterocycles. The van der Waals surface area contributed by atoms with Gasteiger partial charge in [-0.1, -0.05) is 18.1 Å². The van der Waals surface area contributed by atoms with Gasteiger partial charge in [-0.2, -0.15) is 0 Å². The van der Waals surface area contributed by atoms with Gasteiger partial charge < -0.3 is 16.2 Å². The van der Waals surface area contributed by atoms with E-state index in [-0.39, 0.29) is 0 Å². The Morgan fingerprint density at radius 2 is 2.12 bits per heavy atom. The number of carboxylic acids is 1. The molecule has 4 N–H and O–H groups in total. The van der Waals surface area contributed by atoms with Crippen molar-refractivity contribution in [1.29, 1.82) is 0 Å². The largest absolute Gasteiger partial charge is 0.480 e. The fourth-order valence-electron chi connectivity index (χ4n) is 1.25. The van der Waals surface area contributed by atoms with Gasteiger partial charge in [-0.3, -0.25) is 4.79 Å². The maximum atomic E-state index is 10.6. The zero-order valence-electron chi connectivity index (χ0n) is 8.81. The number of anilines is 1. The Hall–Kier alpha value is -1.99. The molecule has 0 radical (unpaired) electrons. The Kier molecular flexibility index (Phi) is 4.37. The lowest BCUT2D eigenvalue weighted by atomic mass is 10.1. The van der Waals surface area contributed by atoms with Crippen molar-refractivity contribution < 1.29 is 9.90 Å². The molecular weight excluding hydrogens is 204 g/mol. The van der Waals surface area contributed by atoms with Crippen LogP contribution in [0.4, 0.5) is 5.69 Å². The van der Waals surface area contributed by atoms with E-state index in [1.165, 1.54) is 0 Å². The Balaban J connectivity index is 2.58. The molecule has 0 bridgehead atoms. The normalized spacial score (nSPS) is 11.5. The third-order valence-corrected chi connectivity index (χ3v) is 2.12. The Morgan fingerprint density at radius 3 is 2.62 bits per heavy atom. The van der Waals surface area contributed by atoms with Gasteiger partial charge in [0.1, 0.15) is 6.04 Å². The maximum absolute atomic E-state index is 10.6. The van der Waals surface area contributed by atoms with E-state index < -0.39 is 12.0 Å². The third kappa shape index (κ3) is 3.64. The first-order valence-electron chi connectivity index (χ1n) is 4.88. The molecule has 0 aromatic heterocycles. The van der Waals surface area contributed by atoms with Gasteiger partial charge in [0.2, 0.25) is 0 Å². The number of nitrogens with two attached hydrogens (primary N) is 1. The summed E-state index contributed by atoms with van der Waals surface area (Å²) >= 11 is 0. The Morgan fingerprint density at radius 1 is 1.50 bits per heavy atom. The highest BCUT2D eigenvalue weighted by Gasteiger charge is 2.11. The zero-order chi connectivity index (χ0) is 12.0. The predicted molar refractivity (Wildman–Crippen MR) is 63.1 cm³/mol. The molecule has 0 aliphatic rings. The average Bonchev–Trinajstić information content (AvgIpc) is 2.28. The van der Waals surface area contributed by atoms with Crippen molar-refractivity contribution in [1.82, 2.24) is 0 Å². The highest BCUT2D eigenvalue weighted by molar-refractivity contribution is 5.73. The van der Waals surface area contributed by atoms with Crippen molar-refractivity contribution in [2.75, 3.05) is 11.9 Å². The Bertz CT molecular complexity index is 392. The minimum Gasteiger partial charge on any atom is -0.480 e. The monoisotopic (exact) mass is 218 g/mol. The molecule has 16 heavy (non-hydrogen) atoms. The fourth-order valence-corrected chi connectivity index (χ4v) is 1.25. The summed E-state index contributed by atoms with van der Waals surface area (Å²) in [6.07, 6.45) is 5.44. The number of hydrogen-bond donors (Lipinski definition) is 3. The third-order valence-electron chi connectivity index (χ3n) is 2.12. The first-order chi connectivity index (χ1) is 7.63. The second-order valence-electron chi connectivity index (χ2n) is 3.40. The molecule has 4 heteroatoms. The summed E-state index contributed by atoms with van der Waals surface area (Å²) in [6.45, 7) is 0.466. The molecule has 1 atom stereocenters. The molecule has 84 valence electrons. The van der Waals surface area contributed by atoms with Gasteiger partial charge in [0.25, 0.3) is 0 Å².